The third-order valence-corrected chi connectivity index (χ3v) is 7.48. The maximum atomic E-state index is 14.5. The fraction of sp³-hybridized carbons (Fsp3) is 0.364. The second kappa shape index (κ2) is 13.3. The summed E-state index contributed by atoms with van der Waals surface area (Å²) in [5.74, 6) is -1.18. The first-order valence-electron chi connectivity index (χ1n) is 14.0. The molecular weight excluding hydrogens is 561 g/mol. The molecule has 1 heterocycles. The Morgan fingerprint density at radius 3 is 1.98 bits per heavy atom. The smallest absolute Gasteiger partial charge is 0.418 e. The van der Waals surface area contributed by atoms with Gasteiger partial charge in [0.05, 0.1) is 32.1 Å². The second-order valence-electron chi connectivity index (χ2n) is 10.5. The first-order valence-corrected chi connectivity index (χ1v) is 14.0. The standard InChI is InChI=1S/C33H35F3N2O5/c1-6-43-32(40)27-15-20(2)26(17-28(27)39)31-30(33(34,35)36)21(3)16-29(37-31)38(18-22-7-11-24(41-4)12-8-22)19-23-9-13-25(42-5)14-10-23/h7-14,16-17,20,27H,6,15,18-19H2,1-5H3. The quantitative estimate of drug-likeness (QED) is 0.188. The molecule has 2 unspecified atom stereocenters. The van der Waals surface area contributed by atoms with Crippen LogP contribution in [0.3, 0.4) is 0 Å². The summed E-state index contributed by atoms with van der Waals surface area (Å²) >= 11 is 0. The maximum Gasteiger partial charge on any atom is 0.418 e. The summed E-state index contributed by atoms with van der Waals surface area (Å²) < 4.78 is 59.1. The van der Waals surface area contributed by atoms with Crippen LogP contribution >= 0.6 is 0 Å². The van der Waals surface area contributed by atoms with Crippen molar-refractivity contribution in [1.29, 1.82) is 0 Å². The molecule has 3 aromatic rings. The van der Waals surface area contributed by atoms with Crippen LogP contribution in [0.5, 0.6) is 11.5 Å². The summed E-state index contributed by atoms with van der Waals surface area (Å²) in [6.07, 6.45) is -3.55. The molecule has 1 aliphatic carbocycles. The third kappa shape index (κ3) is 7.36. The first kappa shape index (κ1) is 31.6. The van der Waals surface area contributed by atoms with Crippen LogP contribution in [0.2, 0.25) is 0 Å². The van der Waals surface area contributed by atoms with Gasteiger partial charge in [0.25, 0.3) is 0 Å². The van der Waals surface area contributed by atoms with Crippen LogP contribution < -0.4 is 14.4 Å². The lowest BCUT2D eigenvalue weighted by Crippen LogP contribution is -2.31. The van der Waals surface area contributed by atoms with E-state index in [-0.39, 0.29) is 29.9 Å². The zero-order chi connectivity index (χ0) is 31.3. The summed E-state index contributed by atoms with van der Waals surface area (Å²) in [7, 11) is 3.14. The average molecular weight is 597 g/mol. The number of hydrogen-bond donors (Lipinski definition) is 0. The average Bonchev–Trinajstić information content (AvgIpc) is 2.97. The van der Waals surface area contributed by atoms with Gasteiger partial charge >= 0.3 is 12.1 Å². The van der Waals surface area contributed by atoms with E-state index in [2.05, 4.69) is 4.98 Å². The topological polar surface area (TPSA) is 78.0 Å². The van der Waals surface area contributed by atoms with Crippen molar-refractivity contribution < 1.29 is 37.0 Å². The lowest BCUT2D eigenvalue weighted by Gasteiger charge is -2.30. The molecule has 0 amide bonds. The number of nitrogens with zero attached hydrogens (tertiary/aromatic N) is 2. The SMILES string of the molecule is CCOC(=O)C1CC(C)C(c2nc(N(Cc3ccc(OC)cc3)Cc3ccc(OC)cc3)cc(C)c2C(F)(F)F)=CC1=O. The van der Waals surface area contributed by atoms with E-state index in [1.165, 1.54) is 13.0 Å². The molecular formula is C33H35F3N2O5. The molecule has 228 valence electrons. The van der Waals surface area contributed by atoms with Crippen LogP contribution in [0.4, 0.5) is 19.0 Å². The molecule has 1 aliphatic rings. The predicted molar refractivity (Wildman–Crippen MR) is 157 cm³/mol. The van der Waals surface area contributed by atoms with Crippen molar-refractivity contribution in [2.75, 3.05) is 25.7 Å². The number of ketones is 1. The van der Waals surface area contributed by atoms with Crippen molar-refractivity contribution in [2.24, 2.45) is 11.8 Å². The molecule has 0 fully saturated rings. The van der Waals surface area contributed by atoms with Gasteiger partial charge in [0, 0.05) is 13.1 Å². The number of aryl methyl sites for hydroxylation is 1. The minimum absolute atomic E-state index is 0.0185. The van der Waals surface area contributed by atoms with Gasteiger partial charge in [-0.05, 0) is 84.9 Å². The van der Waals surface area contributed by atoms with Crippen molar-refractivity contribution in [1.82, 2.24) is 4.98 Å². The number of halogens is 3. The Balaban J connectivity index is 1.82. The summed E-state index contributed by atoms with van der Waals surface area (Å²) in [5, 5.41) is 0. The zero-order valence-electron chi connectivity index (χ0n) is 24.8. The van der Waals surface area contributed by atoms with Gasteiger partial charge in [-0.1, -0.05) is 31.2 Å². The zero-order valence-corrected chi connectivity index (χ0v) is 24.8. The number of anilines is 1. The summed E-state index contributed by atoms with van der Waals surface area (Å²) in [6, 6.07) is 16.2. The van der Waals surface area contributed by atoms with E-state index in [9.17, 15) is 22.8 Å². The number of carbonyl (C=O) groups excluding carboxylic acids is 2. The van der Waals surface area contributed by atoms with E-state index in [0.29, 0.717) is 30.4 Å². The molecule has 1 aromatic heterocycles. The normalized spacial score (nSPS) is 16.8. The monoisotopic (exact) mass is 596 g/mol. The van der Waals surface area contributed by atoms with Crippen molar-refractivity contribution in [3.8, 4) is 11.5 Å². The minimum Gasteiger partial charge on any atom is -0.497 e. The largest absolute Gasteiger partial charge is 0.497 e. The summed E-state index contributed by atoms with van der Waals surface area (Å²) in [5.41, 5.74) is 0.721. The molecule has 0 saturated carbocycles. The highest BCUT2D eigenvalue weighted by Gasteiger charge is 2.41. The van der Waals surface area contributed by atoms with E-state index in [1.807, 2.05) is 53.4 Å². The lowest BCUT2D eigenvalue weighted by atomic mass is 9.78. The van der Waals surface area contributed by atoms with Gasteiger partial charge in [-0.25, -0.2) is 4.98 Å². The van der Waals surface area contributed by atoms with Crippen molar-refractivity contribution in [3.63, 3.8) is 0 Å². The van der Waals surface area contributed by atoms with Crippen LogP contribution in [0.15, 0.2) is 60.7 Å². The van der Waals surface area contributed by atoms with Gasteiger partial charge in [-0.3, -0.25) is 9.59 Å². The number of carbonyl (C=O) groups is 2. The molecule has 2 atom stereocenters. The molecule has 0 bridgehead atoms. The maximum absolute atomic E-state index is 14.5. The Labute approximate surface area is 249 Å². The van der Waals surface area contributed by atoms with Crippen molar-refractivity contribution in [2.45, 2.75) is 46.5 Å². The number of aromatic nitrogens is 1. The molecule has 0 spiro atoms. The Morgan fingerprint density at radius 1 is 0.977 bits per heavy atom. The molecule has 0 radical (unpaired) electrons. The van der Waals surface area contributed by atoms with Crippen molar-refractivity contribution >= 4 is 23.1 Å². The number of pyridine rings is 1. The van der Waals surface area contributed by atoms with Crippen LogP contribution in [-0.2, 0) is 33.6 Å². The molecule has 0 aliphatic heterocycles. The van der Waals surface area contributed by atoms with Crippen LogP contribution in [0, 0.1) is 18.8 Å². The highest BCUT2D eigenvalue weighted by atomic mass is 19.4. The fourth-order valence-electron chi connectivity index (χ4n) is 5.25. The number of rotatable bonds is 10. The molecule has 2 aromatic carbocycles. The van der Waals surface area contributed by atoms with Gasteiger partial charge in [-0.2, -0.15) is 13.2 Å². The third-order valence-electron chi connectivity index (χ3n) is 7.48. The molecule has 0 N–H and O–H groups in total. The molecule has 10 heteroatoms. The Bertz CT molecular complexity index is 1430. The lowest BCUT2D eigenvalue weighted by molar-refractivity contribution is -0.151. The first-order chi connectivity index (χ1) is 20.4. The molecule has 0 saturated heterocycles. The Hall–Kier alpha value is -4.34. The Morgan fingerprint density at radius 2 is 1.51 bits per heavy atom. The van der Waals surface area contributed by atoms with Gasteiger partial charge < -0.3 is 19.1 Å². The van der Waals surface area contributed by atoms with Gasteiger partial charge in [0.15, 0.2) is 5.78 Å². The van der Waals surface area contributed by atoms with Gasteiger partial charge in [0.1, 0.15) is 23.2 Å². The van der Waals surface area contributed by atoms with Gasteiger partial charge in [-0.15, -0.1) is 0 Å². The highest BCUT2D eigenvalue weighted by Crippen LogP contribution is 2.43. The number of ether oxygens (including phenoxy) is 3. The summed E-state index contributed by atoms with van der Waals surface area (Å²) in [4.78, 5) is 31.8. The number of alkyl halides is 3. The van der Waals surface area contributed by atoms with E-state index in [0.717, 1.165) is 17.2 Å². The number of benzene rings is 2. The van der Waals surface area contributed by atoms with Crippen molar-refractivity contribution in [3.05, 3.63) is 88.6 Å². The van der Waals surface area contributed by atoms with Crippen LogP contribution in [-0.4, -0.2) is 37.6 Å². The summed E-state index contributed by atoms with van der Waals surface area (Å²) in [6.45, 7) is 5.51. The van der Waals surface area contributed by atoms with Crippen LogP contribution in [0.1, 0.15) is 48.2 Å². The molecule has 4 rings (SSSR count). The Kier molecular flexibility index (Phi) is 9.78. The predicted octanol–water partition coefficient (Wildman–Crippen LogP) is 6.80. The van der Waals surface area contributed by atoms with E-state index < -0.39 is 35.3 Å². The van der Waals surface area contributed by atoms with E-state index in [4.69, 9.17) is 14.2 Å². The number of esters is 1. The van der Waals surface area contributed by atoms with Gasteiger partial charge in [0.2, 0.25) is 0 Å². The molecule has 7 nitrogen and oxygen atoms in total. The van der Waals surface area contributed by atoms with E-state index in [1.54, 1.807) is 28.1 Å². The number of allylic oxidation sites excluding steroid dienone is 2. The van der Waals surface area contributed by atoms with Crippen LogP contribution in [0.25, 0.3) is 5.57 Å². The molecule has 43 heavy (non-hydrogen) atoms. The second-order valence-corrected chi connectivity index (χ2v) is 10.5. The highest BCUT2D eigenvalue weighted by molar-refractivity contribution is 6.10. The minimum atomic E-state index is -4.72. The number of hydrogen-bond acceptors (Lipinski definition) is 7. The van der Waals surface area contributed by atoms with E-state index >= 15 is 0 Å². The number of methoxy groups -OCH3 is 2. The fourth-order valence-corrected chi connectivity index (χ4v) is 5.25.